The van der Waals surface area contributed by atoms with Crippen molar-refractivity contribution < 1.29 is 4.79 Å². The van der Waals surface area contributed by atoms with Crippen LogP contribution in [-0.4, -0.2) is 10.9 Å². The summed E-state index contributed by atoms with van der Waals surface area (Å²) in [7, 11) is 0. The summed E-state index contributed by atoms with van der Waals surface area (Å²) in [6.07, 6.45) is 0. The van der Waals surface area contributed by atoms with E-state index in [2.05, 4.69) is 26.2 Å². The van der Waals surface area contributed by atoms with Crippen LogP contribution < -0.4 is 5.32 Å². The van der Waals surface area contributed by atoms with Crippen LogP contribution in [-0.2, 0) is 0 Å². The zero-order valence-electron chi connectivity index (χ0n) is 9.58. The molecule has 0 saturated carbocycles. The topological polar surface area (TPSA) is 42.0 Å². The molecule has 0 aliphatic carbocycles. The molecule has 3 nitrogen and oxygen atoms in total. The number of pyridine rings is 1. The van der Waals surface area contributed by atoms with Crippen LogP contribution >= 0.6 is 27.5 Å². The zero-order chi connectivity index (χ0) is 13.1. The highest BCUT2D eigenvalue weighted by Gasteiger charge is 2.08. The lowest BCUT2D eigenvalue weighted by molar-refractivity contribution is 0.102. The van der Waals surface area contributed by atoms with Crippen LogP contribution in [0.3, 0.4) is 0 Å². The Morgan fingerprint density at radius 1 is 1.33 bits per heavy atom. The Morgan fingerprint density at radius 2 is 2.11 bits per heavy atom. The van der Waals surface area contributed by atoms with Gasteiger partial charge in [0, 0.05) is 21.4 Å². The molecule has 0 unspecified atom stereocenters. The number of amides is 1. The SMILES string of the molecule is Cc1cc(C(=O)Nc2cccc(Br)c2)cc(Cl)n1. The van der Waals surface area contributed by atoms with Crippen molar-refractivity contribution in [3.8, 4) is 0 Å². The van der Waals surface area contributed by atoms with E-state index in [9.17, 15) is 4.79 Å². The van der Waals surface area contributed by atoms with E-state index in [0.29, 0.717) is 16.4 Å². The van der Waals surface area contributed by atoms with Gasteiger partial charge in [0.2, 0.25) is 0 Å². The van der Waals surface area contributed by atoms with Crippen LogP contribution in [0.25, 0.3) is 0 Å². The van der Waals surface area contributed by atoms with Gasteiger partial charge in [-0.2, -0.15) is 0 Å². The summed E-state index contributed by atoms with van der Waals surface area (Å²) in [5, 5.41) is 3.11. The number of benzene rings is 1. The molecular formula is C13H10BrClN2O. The number of hydrogen-bond donors (Lipinski definition) is 1. The second kappa shape index (κ2) is 5.50. The van der Waals surface area contributed by atoms with Crippen molar-refractivity contribution in [3.63, 3.8) is 0 Å². The lowest BCUT2D eigenvalue weighted by atomic mass is 10.2. The molecule has 0 bridgehead atoms. The van der Waals surface area contributed by atoms with E-state index in [-0.39, 0.29) is 5.91 Å². The third kappa shape index (κ3) is 3.31. The average Bonchev–Trinajstić information content (AvgIpc) is 2.27. The summed E-state index contributed by atoms with van der Waals surface area (Å²) in [5.74, 6) is -0.208. The molecule has 0 radical (unpaired) electrons. The van der Waals surface area contributed by atoms with Crippen LogP contribution in [0.2, 0.25) is 5.15 Å². The molecule has 1 amide bonds. The Labute approximate surface area is 118 Å². The van der Waals surface area contributed by atoms with E-state index in [1.165, 1.54) is 0 Å². The second-order valence-corrected chi connectivity index (χ2v) is 5.09. The zero-order valence-corrected chi connectivity index (χ0v) is 11.9. The third-order valence-electron chi connectivity index (χ3n) is 2.27. The van der Waals surface area contributed by atoms with Gasteiger partial charge in [-0.1, -0.05) is 33.6 Å². The quantitative estimate of drug-likeness (QED) is 0.846. The number of aryl methyl sites for hydroxylation is 1. The van der Waals surface area contributed by atoms with Crippen LogP contribution in [0.4, 0.5) is 5.69 Å². The molecule has 1 aromatic carbocycles. The Bertz CT molecular complexity index is 581. The number of halogens is 2. The van der Waals surface area contributed by atoms with Gasteiger partial charge >= 0.3 is 0 Å². The number of nitrogens with one attached hydrogen (secondary N) is 1. The molecule has 0 aliphatic rings. The van der Waals surface area contributed by atoms with Crippen LogP contribution in [0.15, 0.2) is 40.9 Å². The van der Waals surface area contributed by atoms with Crippen LogP contribution in [0.5, 0.6) is 0 Å². The molecule has 92 valence electrons. The summed E-state index contributed by atoms with van der Waals surface area (Å²) < 4.78 is 0.907. The molecular weight excluding hydrogens is 316 g/mol. The van der Waals surface area contributed by atoms with E-state index < -0.39 is 0 Å². The van der Waals surface area contributed by atoms with Gasteiger partial charge in [-0.3, -0.25) is 4.79 Å². The molecule has 0 fully saturated rings. The van der Waals surface area contributed by atoms with E-state index in [0.717, 1.165) is 10.2 Å². The molecule has 5 heteroatoms. The summed E-state index contributed by atoms with van der Waals surface area (Å²) in [4.78, 5) is 16.0. The number of anilines is 1. The van der Waals surface area contributed by atoms with Crippen molar-refractivity contribution in [2.75, 3.05) is 5.32 Å². The predicted octanol–water partition coefficient (Wildman–Crippen LogP) is 4.06. The van der Waals surface area contributed by atoms with Gasteiger partial charge in [-0.05, 0) is 37.3 Å². The Morgan fingerprint density at radius 3 is 2.78 bits per heavy atom. The van der Waals surface area contributed by atoms with Gasteiger partial charge in [0.1, 0.15) is 5.15 Å². The third-order valence-corrected chi connectivity index (χ3v) is 2.95. The maximum Gasteiger partial charge on any atom is 0.255 e. The normalized spacial score (nSPS) is 10.2. The van der Waals surface area contributed by atoms with Gasteiger partial charge < -0.3 is 5.32 Å². The van der Waals surface area contributed by atoms with Crippen molar-refractivity contribution in [3.05, 3.63) is 57.3 Å². The Hall–Kier alpha value is -1.39. The van der Waals surface area contributed by atoms with E-state index in [1.54, 1.807) is 19.1 Å². The van der Waals surface area contributed by atoms with Crippen LogP contribution in [0, 0.1) is 6.92 Å². The van der Waals surface area contributed by atoms with E-state index in [4.69, 9.17) is 11.6 Å². The van der Waals surface area contributed by atoms with Gasteiger partial charge in [0.25, 0.3) is 5.91 Å². The van der Waals surface area contributed by atoms with Gasteiger partial charge in [-0.25, -0.2) is 4.98 Å². The van der Waals surface area contributed by atoms with E-state index in [1.807, 2.05) is 24.3 Å². The Kier molecular flexibility index (Phi) is 3.99. The van der Waals surface area contributed by atoms with E-state index >= 15 is 0 Å². The molecule has 0 saturated heterocycles. The number of nitrogens with zero attached hydrogens (tertiary/aromatic N) is 1. The highest BCUT2D eigenvalue weighted by molar-refractivity contribution is 9.10. The number of rotatable bonds is 2. The smallest absolute Gasteiger partial charge is 0.255 e. The first-order valence-corrected chi connectivity index (χ1v) is 6.43. The lowest BCUT2D eigenvalue weighted by Crippen LogP contribution is -2.12. The maximum atomic E-state index is 12.0. The van der Waals surface area contributed by atoms with Crippen molar-refractivity contribution >= 4 is 39.1 Å². The molecule has 1 heterocycles. The van der Waals surface area contributed by atoms with Crippen molar-refractivity contribution in [1.29, 1.82) is 0 Å². The largest absolute Gasteiger partial charge is 0.322 e. The fourth-order valence-corrected chi connectivity index (χ4v) is 2.18. The first kappa shape index (κ1) is 13.1. The molecule has 0 spiro atoms. The fraction of sp³-hybridized carbons (Fsp3) is 0.0769. The van der Waals surface area contributed by atoms with Gasteiger partial charge in [0.15, 0.2) is 0 Å². The summed E-state index contributed by atoms with van der Waals surface area (Å²) in [6.45, 7) is 1.79. The first-order valence-electron chi connectivity index (χ1n) is 5.26. The molecule has 18 heavy (non-hydrogen) atoms. The average molecular weight is 326 g/mol. The standard InChI is InChI=1S/C13H10BrClN2O/c1-8-5-9(6-12(15)16-8)13(18)17-11-4-2-3-10(14)7-11/h2-7H,1H3,(H,17,18). The van der Waals surface area contributed by atoms with Crippen molar-refractivity contribution in [2.24, 2.45) is 0 Å². The fourth-order valence-electron chi connectivity index (χ4n) is 1.53. The highest BCUT2D eigenvalue weighted by Crippen LogP contribution is 2.17. The summed E-state index contributed by atoms with van der Waals surface area (Å²) in [6, 6.07) is 10.6. The summed E-state index contributed by atoms with van der Waals surface area (Å²) in [5.41, 5.74) is 1.93. The second-order valence-electron chi connectivity index (χ2n) is 3.78. The number of carbonyl (C=O) groups is 1. The van der Waals surface area contributed by atoms with Gasteiger partial charge in [0.05, 0.1) is 0 Å². The van der Waals surface area contributed by atoms with Crippen molar-refractivity contribution in [2.45, 2.75) is 6.92 Å². The predicted molar refractivity (Wildman–Crippen MR) is 76.1 cm³/mol. The highest BCUT2D eigenvalue weighted by atomic mass is 79.9. The molecule has 1 aromatic heterocycles. The Balaban J connectivity index is 2.22. The monoisotopic (exact) mass is 324 g/mol. The molecule has 0 aliphatic heterocycles. The molecule has 0 atom stereocenters. The minimum Gasteiger partial charge on any atom is -0.322 e. The minimum atomic E-state index is -0.208. The number of hydrogen-bond acceptors (Lipinski definition) is 2. The van der Waals surface area contributed by atoms with Crippen LogP contribution in [0.1, 0.15) is 16.1 Å². The number of carbonyl (C=O) groups excluding carboxylic acids is 1. The molecule has 2 aromatic rings. The lowest BCUT2D eigenvalue weighted by Gasteiger charge is -2.06. The molecule has 2 rings (SSSR count). The summed E-state index contributed by atoms with van der Waals surface area (Å²) >= 11 is 9.17. The molecule has 1 N–H and O–H groups in total. The van der Waals surface area contributed by atoms with Crippen molar-refractivity contribution in [1.82, 2.24) is 4.98 Å². The maximum absolute atomic E-state index is 12.0. The number of aromatic nitrogens is 1. The van der Waals surface area contributed by atoms with Gasteiger partial charge in [-0.15, -0.1) is 0 Å². The minimum absolute atomic E-state index is 0.208. The first-order chi connectivity index (χ1) is 8.54.